The van der Waals surface area contributed by atoms with Gasteiger partial charge in [0.2, 0.25) is 0 Å². The number of rotatable bonds is 5. The Bertz CT molecular complexity index is 662. The van der Waals surface area contributed by atoms with Crippen LogP contribution in [0.3, 0.4) is 0 Å². The highest BCUT2D eigenvalue weighted by Crippen LogP contribution is 2.38. The normalized spacial score (nSPS) is 15.4. The number of ether oxygens (including phenoxy) is 1. The van der Waals surface area contributed by atoms with Crippen LogP contribution < -0.4 is 9.64 Å². The maximum absolute atomic E-state index is 13.0. The lowest BCUT2D eigenvalue weighted by Crippen LogP contribution is -2.39. The Labute approximate surface area is 134 Å². The minimum absolute atomic E-state index is 0.0372. The van der Waals surface area contributed by atoms with E-state index in [4.69, 9.17) is 4.74 Å². The monoisotopic (exact) mass is 316 g/mol. The van der Waals surface area contributed by atoms with Crippen LogP contribution in [0.1, 0.15) is 34.4 Å². The summed E-state index contributed by atoms with van der Waals surface area (Å²) in [6.07, 6.45) is 4.07. The predicted octanol–water partition coefficient (Wildman–Crippen LogP) is 3.91. The third-order valence-corrected chi connectivity index (χ3v) is 5.01. The van der Waals surface area contributed by atoms with Gasteiger partial charge in [-0.25, -0.2) is 4.98 Å². The fourth-order valence-electron chi connectivity index (χ4n) is 2.65. The number of hydrogen-bond acceptors (Lipinski definition) is 4. The van der Waals surface area contributed by atoms with E-state index >= 15 is 0 Å². The molecule has 1 aromatic heterocycles. The van der Waals surface area contributed by atoms with E-state index in [0.717, 1.165) is 16.4 Å². The average Bonchev–Trinajstić information content (AvgIpc) is 3.29. The molecule has 2 aromatic rings. The van der Waals surface area contributed by atoms with Gasteiger partial charge in [0.05, 0.1) is 18.3 Å². The van der Waals surface area contributed by atoms with Crippen molar-refractivity contribution in [2.24, 2.45) is 5.92 Å². The van der Waals surface area contributed by atoms with Crippen molar-refractivity contribution >= 4 is 22.9 Å². The Balaban J connectivity index is 1.93. The summed E-state index contributed by atoms with van der Waals surface area (Å²) in [6, 6.07) is 7.89. The van der Waals surface area contributed by atoms with Gasteiger partial charge in [-0.15, -0.1) is 11.3 Å². The number of benzene rings is 1. The zero-order valence-corrected chi connectivity index (χ0v) is 13.9. The highest BCUT2D eigenvalue weighted by atomic mass is 32.1. The number of carbonyl (C=O) groups is 1. The fraction of sp³-hybridized carbons (Fsp3) is 0.412. The van der Waals surface area contributed by atoms with Crippen LogP contribution in [0, 0.1) is 12.8 Å². The summed E-state index contributed by atoms with van der Waals surface area (Å²) in [6.45, 7) is 4.05. The number of carbonyl (C=O) groups excluding carboxylic acids is 1. The molecule has 0 unspecified atom stereocenters. The van der Waals surface area contributed by atoms with Crippen LogP contribution in [-0.2, 0) is 0 Å². The lowest BCUT2D eigenvalue weighted by Gasteiger charge is -2.29. The summed E-state index contributed by atoms with van der Waals surface area (Å²) in [5.41, 5.74) is 0.913. The molecular formula is C17H20N2O2S. The van der Waals surface area contributed by atoms with Gasteiger partial charge in [-0.2, -0.15) is 0 Å². The number of hydrogen-bond donors (Lipinski definition) is 0. The first-order chi connectivity index (χ1) is 10.6. The molecule has 4 nitrogen and oxygen atoms in total. The van der Waals surface area contributed by atoms with Crippen molar-refractivity contribution in [2.45, 2.75) is 32.7 Å². The Hall–Kier alpha value is -1.88. The molecular weight excluding hydrogens is 296 g/mol. The van der Waals surface area contributed by atoms with Gasteiger partial charge in [0.1, 0.15) is 10.6 Å². The van der Waals surface area contributed by atoms with Crippen LogP contribution in [0.4, 0.5) is 5.69 Å². The molecule has 1 fully saturated rings. The molecule has 1 amide bonds. The van der Waals surface area contributed by atoms with Crippen LogP contribution in [0.25, 0.3) is 0 Å². The molecule has 0 N–H and O–H groups in total. The fourth-order valence-corrected chi connectivity index (χ4v) is 3.36. The van der Waals surface area contributed by atoms with E-state index in [1.54, 1.807) is 13.3 Å². The van der Waals surface area contributed by atoms with Crippen molar-refractivity contribution in [3.8, 4) is 5.75 Å². The number of thiazole rings is 1. The smallest absolute Gasteiger partial charge is 0.270 e. The second-order valence-electron chi connectivity index (χ2n) is 5.69. The molecule has 5 heteroatoms. The van der Waals surface area contributed by atoms with Crippen molar-refractivity contribution in [1.29, 1.82) is 0 Å². The van der Waals surface area contributed by atoms with Crippen molar-refractivity contribution in [2.75, 3.05) is 12.0 Å². The lowest BCUT2D eigenvalue weighted by atomic mass is 10.1. The number of amides is 1. The minimum Gasteiger partial charge on any atom is -0.497 e. The zero-order chi connectivity index (χ0) is 15.7. The van der Waals surface area contributed by atoms with E-state index in [2.05, 4.69) is 11.9 Å². The average molecular weight is 316 g/mol. The molecule has 1 saturated carbocycles. The van der Waals surface area contributed by atoms with Crippen LogP contribution >= 0.6 is 11.3 Å². The maximum Gasteiger partial charge on any atom is 0.270 e. The number of methoxy groups -OCH3 is 1. The standard InChI is InChI=1S/C17H20N2O2S/c1-11(13-4-5-13)19(14-6-8-15(21-3)9-7-14)17(20)16-10-18-12(2)22-16/h6-11,13H,4-5H2,1-3H3/t11-/m0/s1. The number of aromatic nitrogens is 1. The van der Waals surface area contributed by atoms with E-state index in [1.165, 1.54) is 24.2 Å². The number of anilines is 1. The molecule has 1 atom stereocenters. The molecule has 0 bridgehead atoms. The van der Waals surface area contributed by atoms with Gasteiger partial charge in [-0.1, -0.05) is 0 Å². The minimum atomic E-state index is 0.0372. The van der Waals surface area contributed by atoms with E-state index in [0.29, 0.717) is 10.8 Å². The van der Waals surface area contributed by atoms with E-state index in [-0.39, 0.29) is 11.9 Å². The summed E-state index contributed by atoms with van der Waals surface area (Å²) >= 11 is 1.45. The summed E-state index contributed by atoms with van der Waals surface area (Å²) in [5.74, 6) is 1.43. The first-order valence-corrected chi connectivity index (χ1v) is 8.32. The first-order valence-electron chi connectivity index (χ1n) is 7.50. The van der Waals surface area contributed by atoms with Crippen molar-refractivity contribution in [3.05, 3.63) is 40.3 Å². The molecule has 1 aliphatic rings. The Morgan fingerprint density at radius 2 is 2.05 bits per heavy atom. The second-order valence-corrected chi connectivity index (χ2v) is 6.93. The Morgan fingerprint density at radius 3 is 2.55 bits per heavy atom. The molecule has 0 spiro atoms. The van der Waals surface area contributed by atoms with Gasteiger partial charge >= 0.3 is 0 Å². The van der Waals surface area contributed by atoms with Crippen LogP contribution in [0.15, 0.2) is 30.5 Å². The van der Waals surface area contributed by atoms with Crippen molar-refractivity contribution < 1.29 is 9.53 Å². The number of aryl methyl sites for hydroxylation is 1. The number of nitrogens with zero attached hydrogens (tertiary/aromatic N) is 2. The van der Waals surface area contributed by atoms with Crippen molar-refractivity contribution in [1.82, 2.24) is 4.98 Å². The van der Waals surface area contributed by atoms with Gasteiger partial charge in [-0.05, 0) is 56.9 Å². The second kappa shape index (κ2) is 6.08. The van der Waals surface area contributed by atoms with Gasteiger partial charge in [0.15, 0.2) is 0 Å². The quantitative estimate of drug-likeness (QED) is 0.840. The molecule has 116 valence electrons. The third-order valence-electron chi connectivity index (χ3n) is 4.11. The van der Waals surface area contributed by atoms with Crippen LogP contribution in [0.5, 0.6) is 5.75 Å². The summed E-state index contributed by atoms with van der Waals surface area (Å²) in [7, 11) is 1.64. The zero-order valence-electron chi connectivity index (χ0n) is 13.1. The summed E-state index contributed by atoms with van der Waals surface area (Å²) in [4.78, 5) is 19.8. The van der Waals surface area contributed by atoms with Gasteiger partial charge in [0.25, 0.3) is 5.91 Å². The van der Waals surface area contributed by atoms with Crippen LogP contribution in [0.2, 0.25) is 0 Å². The van der Waals surface area contributed by atoms with Crippen molar-refractivity contribution in [3.63, 3.8) is 0 Å². The van der Waals surface area contributed by atoms with Crippen LogP contribution in [-0.4, -0.2) is 24.0 Å². The topological polar surface area (TPSA) is 42.4 Å². The highest BCUT2D eigenvalue weighted by molar-refractivity contribution is 7.13. The molecule has 3 rings (SSSR count). The molecule has 1 aromatic carbocycles. The van der Waals surface area contributed by atoms with E-state index < -0.39 is 0 Å². The van der Waals surface area contributed by atoms with Gasteiger partial charge in [-0.3, -0.25) is 4.79 Å². The van der Waals surface area contributed by atoms with E-state index in [9.17, 15) is 4.79 Å². The summed E-state index contributed by atoms with van der Waals surface area (Å²) < 4.78 is 5.21. The summed E-state index contributed by atoms with van der Waals surface area (Å²) in [5, 5.41) is 0.914. The predicted molar refractivity (Wildman–Crippen MR) is 88.8 cm³/mol. The molecule has 1 aliphatic carbocycles. The lowest BCUT2D eigenvalue weighted by molar-refractivity contribution is 0.0979. The van der Waals surface area contributed by atoms with Gasteiger partial charge in [0, 0.05) is 11.7 Å². The highest BCUT2D eigenvalue weighted by Gasteiger charge is 2.36. The third kappa shape index (κ3) is 2.99. The molecule has 0 radical (unpaired) electrons. The Morgan fingerprint density at radius 1 is 1.36 bits per heavy atom. The van der Waals surface area contributed by atoms with E-state index in [1.807, 2.05) is 36.1 Å². The first kappa shape index (κ1) is 15.0. The molecule has 1 heterocycles. The molecule has 0 aliphatic heterocycles. The SMILES string of the molecule is COc1ccc(N(C(=O)c2cnc(C)s2)[C@@H](C)C2CC2)cc1. The molecule has 22 heavy (non-hydrogen) atoms. The molecule has 0 saturated heterocycles. The largest absolute Gasteiger partial charge is 0.497 e. The Kier molecular flexibility index (Phi) is 4.16. The van der Waals surface area contributed by atoms with Gasteiger partial charge < -0.3 is 9.64 Å². The maximum atomic E-state index is 13.0.